The number of halogens is 1. The first-order valence-corrected chi connectivity index (χ1v) is 18.7. The van der Waals surface area contributed by atoms with E-state index in [4.69, 9.17) is 39.3 Å². The van der Waals surface area contributed by atoms with Crippen LogP contribution in [0.15, 0.2) is 60.7 Å². The fraction of sp³-hybridized carbons (Fsp3) is 0.395. The molecule has 57 heavy (non-hydrogen) atoms. The number of amides is 2. The minimum absolute atomic E-state index is 0.100. The first kappa shape index (κ1) is 44.7. The van der Waals surface area contributed by atoms with Crippen molar-refractivity contribution in [1.82, 2.24) is 25.9 Å². The maximum atomic E-state index is 13.1. The molecular formula is C38H51ClN10O8. The topological polar surface area (TPSA) is 331 Å². The predicted octanol–water partition coefficient (Wildman–Crippen LogP) is -0.489. The lowest BCUT2D eigenvalue weighted by Gasteiger charge is -2.32. The lowest BCUT2D eigenvalue weighted by molar-refractivity contribution is -0.254. The molecule has 308 valence electrons. The van der Waals surface area contributed by atoms with Gasteiger partial charge in [0.1, 0.15) is 18.3 Å². The number of hydrogen-bond donors (Lipinski definition) is 14. The number of aryl methyl sites for hydroxylation is 2. The summed E-state index contributed by atoms with van der Waals surface area (Å²) in [6.45, 7) is -0.556. The Labute approximate surface area is 334 Å². The Morgan fingerprint density at radius 3 is 2.21 bits per heavy atom. The van der Waals surface area contributed by atoms with E-state index in [1.165, 1.54) is 0 Å². The van der Waals surface area contributed by atoms with Crippen LogP contribution in [0, 0.1) is 5.41 Å². The van der Waals surface area contributed by atoms with Gasteiger partial charge in [0, 0.05) is 12.2 Å². The molecule has 0 aliphatic heterocycles. The number of nitrogens with two attached hydrogens (primary N) is 3. The lowest BCUT2D eigenvalue weighted by atomic mass is 9.93. The van der Waals surface area contributed by atoms with E-state index in [0.29, 0.717) is 44.5 Å². The number of nitrogens with one attached hydrogen (secondary N) is 5. The number of fused-ring (bicyclic) bond motifs is 1. The van der Waals surface area contributed by atoms with Crippen molar-refractivity contribution in [3.05, 3.63) is 88.2 Å². The minimum atomic E-state index is -2.73. The SMILES string of the molecule is N=C(NCCCCc1ccc(C[C@H](N)C(=O)Nc2ccc(CCCNCC(O)(O)[C@@H](O)[C@H](O)[C@H](O)CO)cc2)c2ccccc12)NC(=O)c1nc(Cl)c(N)nc1N. The second kappa shape index (κ2) is 20.9. The Hall–Kier alpha value is -5.02. The molecule has 0 bridgehead atoms. The molecule has 0 radical (unpaired) electrons. The molecule has 3 aromatic carbocycles. The van der Waals surface area contributed by atoms with Crippen LogP contribution in [-0.4, -0.2) is 115 Å². The van der Waals surface area contributed by atoms with Crippen molar-refractivity contribution in [3.8, 4) is 0 Å². The number of rotatable bonds is 20. The van der Waals surface area contributed by atoms with Gasteiger partial charge in [-0.25, -0.2) is 9.97 Å². The molecule has 0 saturated heterocycles. The van der Waals surface area contributed by atoms with Crippen LogP contribution in [0.3, 0.4) is 0 Å². The molecule has 0 fully saturated rings. The van der Waals surface area contributed by atoms with Gasteiger partial charge in [0.25, 0.3) is 5.91 Å². The van der Waals surface area contributed by atoms with Crippen molar-refractivity contribution in [3.63, 3.8) is 0 Å². The van der Waals surface area contributed by atoms with Gasteiger partial charge in [-0.05, 0) is 84.7 Å². The second-order valence-corrected chi connectivity index (χ2v) is 14.0. The van der Waals surface area contributed by atoms with Crippen LogP contribution in [0.25, 0.3) is 10.8 Å². The molecular weight excluding hydrogens is 760 g/mol. The number of nitrogens with zero attached hydrogens (tertiary/aromatic N) is 2. The molecule has 1 heterocycles. The summed E-state index contributed by atoms with van der Waals surface area (Å²) in [6, 6.07) is 18.4. The highest BCUT2D eigenvalue weighted by Crippen LogP contribution is 2.26. The molecule has 17 N–H and O–H groups in total. The van der Waals surface area contributed by atoms with E-state index in [0.717, 1.165) is 40.3 Å². The molecule has 1 aromatic heterocycles. The molecule has 4 rings (SSSR count). The van der Waals surface area contributed by atoms with Crippen LogP contribution in [-0.2, 0) is 24.1 Å². The van der Waals surface area contributed by atoms with Gasteiger partial charge >= 0.3 is 0 Å². The van der Waals surface area contributed by atoms with Gasteiger partial charge in [0.2, 0.25) is 11.7 Å². The van der Waals surface area contributed by atoms with Crippen LogP contribution in [0.1, 0.15) is 46.4 Å². The van der Waals surface area contributed by atoms with Gasteiger partial charge in [-0.3, -0.25) is 20.3 Å². The van der Waals surface area contributed by atoms with E-state index in [-0.39, 0.29) is 34.3 Å². The Bertz CT molecular complexity index is 1990. The number of aliphatic hydroxyl groups is 6. The van der Waals surface area contributed by atoms with E-state index in [9.17, 15) is 35.1 Å². The van der Waals surface area contributed by atoms with E-state index >= 15 is 0 Å². The molecule has 0 aliphatic carbocycles. The summed E-state index contributed by atoms with van der Waals surface area (Å²) in [5.74, 6) is -4.32. The van der Waals surface area contributed by atoms with E-state index in [2.05, 4.69) is 31.2 Å². The average molecular weight is 811 g/mol. The number of benzene rings is 3. The summed E-state index contributed by atoms with van der Waals surface area (Å²) in [4.78, 5) is 33.1. The van der Waals surface area contributed by atoms with Crippen LogP contribution >= 0.6 is 11.6 Å². The number of anilines is 3. The number of hydrogen-bond acceptors (Lipinski definition) is 15. The Balaban J connectivity index is 1.20. The summed E-state index contributed by atoms with van der Waals surface area (Å²) in [5, 5.41) is 78.8. The van der Waals surface area contributed by atoms with Crippen molar-refractivity contribution in [2.45, 2.75) is 68.7 Å². The lowest BCUT2D eigenvalue weighted by Crippen LogP contribution is -2.58. The van der Waals surface area contributed by atoms with Gasteiger partial charge in [-0.2, -0.15) is 0 Å². The second-order valence-electron chi connectivity index (χ2n) is 13.6. The van der Waals surface area contributed by atoms with Crippen molar-refractivity contribution in [2.24, 2.45) is 5.73 Å². The van der Waals surface area contributed by atoms with E-state index < -0.39 is 49.2 Å². The fourth-order valence-corrected chi connectivity index (χ4v) is 6.13. The van der Waals surface area contributed by atoms with Crippen LogP contribution in [0.4, 0.5) is 17.3 Å². The molecule has 4 atom stereocenters. The molecule has 2 amide bonds. The standard InChI is InChI=1S/C38H51ClN10O8/c39-32-34(42)48-33(41)29(47-32)36(55)49-37(43)45-17-4-3-7-22-12-13-23(26-9-2-1-8-25(22)26)18-27(40)35(54)46-24-14-10-21(11-15-24)6-5-16-44-20-38(56,57)31(53)30(52)28(51)19-50/h1-2,8-15,27-28,30-31,44,50-53,56-57H,3-7,16-20,40H2,(H,46,54)(H4,41,42,48)(H3,43,45,49,55)/t27-,28+,30+,31-/m0/s1. The normalized spacial score (nSPS) is 13.8. The first-order valence-electron chi connectivity index (χ1n) is 18.3. The average Bonchev–Trinajstić information content (AvgIpc) is 3.19. The number of carbonyl (C=O) groups excluding carboxylic acids is 2. The van der Waals surface area contributed by atoms with Crippen molar-refractivity contribution >= 4 is 57.5 Å². The molecule has 0 saturated carbocycles. The van der Waals surface area contributed by atoms with Crippen molar-refractivity contribution < 1.29 is 40.2 Å². The maximum Gasteiger partial charge on any atom is 0.280 e. The minimum Gasteiger partial charge on any atom is -0.394 e. The van der Waals surface area contributed by atoms with E-state index in [1.807, 2.05) is 48.5 Å². The molecule has 0 aliphatic rings. The fourth-order valence-electron chi connectivity index (χ4n) is 6.00. The molecule has 0 unspecified atom stereocenters. The van der Waals surface area contributed by atoms with Crippen LogP contribution in [0.5, 0.6) is 0 Å². The number of unbranched alkanes of at least 4 members (excludes halogenated alkanes) is 1. The Morgan fingerprint density at radius 2 is 1.53 bits per heavy atom. The highest BCUT2D eigenvalue weighted by atomic mass is 35.5. The molecule has 18 nitrogen and oxygen atoms in total. The summed E-state index contributed by atoms with van der Waals surface area (Å²) in [6.07, 6.45) is -1.97. The third kappa shape index (κ3) is 12.7. The molecule has 19 heteroatoms. The third-order valence-corrected chi connectivity index (χ3v) is 9.50. The summed E-state index contributed by atoms with van der Waals surface area (Å²) in [7, 11) is 0. The zero-order valence-electron chi connectivity index (χ0n) is 31.2. The van der Waals surface area contributed by atoms with Gasteiger partial charge in [-0.1, -0.05) is 60.1 Å². The largest absolute Gasteiger partial charge is 0.394 e. The Morgan fingerprint density at radius 1 is 0.860 bits per heavy atom. The smallest absolute Gasteiger partial charge is 0.280 e. The summed E-state index contributed by atoms with van der Waals surface area (Å²) >= 11 is 5.84. The number of guanidine groups is 1. The monoisotopic (exact) mass is 810 g/mol. The first-order chi connectivity index (χ1) is 27.1. The van der Waals surface area contributed by atoms with E-state index in [1.54, 1.807) is 12.1 Å². The van der Waals surface area contributed by atoms with Crippen molar-refractivity contribution in [1.29, 1.82) is 5.41 Å². The summed E-state index contributed by atoms with van der Waals surface area (Å²) in [5.41, 5.74) is 21.0. The number of aliphatic hydroxyl groups excluding tert-OH is 4. The molecule has 4 aromatic rings. The number of nitrogen functional groups attached to an aromatic ring is 2. The summed E-state index contributed by atoms with van der Waals surface area (Å²) < 4.78 is 0. The zero-order valence-corrected chi connectivity index (χ0v) is 31.9. The van der Waals surface area contributed by atoms with Gasteiger partial charge in [-0.15, -0.1) is 0 Å². The van der Waals surface area contributed by atoms with Crippen molar-refractivity contribution in [2.75, 3.05) is 43.0 Å². The maximum absolute atomic E-state index is 13.1. The predicted molar refractivity (Wildman–Crippen MR) is 216 cm³/mol. The van der Waals surface area contributed by atoms with Gasteiger partial charge < -0.3 is 63.8 Å². The molecule has 0 spiro atoms. The zero-order chi connectivity index (χ0) is 41.7. The Kier molecular flexibility index (Phi) is 16.4. The highest BCUT2D eigenvalue weighted by Gasteiger charge is 2.40. The third-order valence-electron chi connectivity index (χ3n) is 9.22. The highest BCUT2D eigenvalue weighted by molar-refractivity contribution is 6.31. The number of carbonyl (C=O) groups is 2. The van der Waals surface area contributed by atoms with Gasteiger partial charge in [0.15, 0.2) is 28.4 Å². The number of aromatic nitrogens is 2. The van der Waals surface area contributed by atoms with Gasteiger partial charge in [0.05, 0.1) is 19.2 Å². The van der Waals surface area contributed by atoms with Crippen LogP contribution < -0.4 is 38.5 Å². The quantitative estimate of drug-likeness (QED) is 0.0232. The van der Waals surface area contributed by atoms with Crippen LogP contribution in [0.2, 0.25) is 5.15 Å².